The standard InChI is InChI=1S/C21H21N3O4/c25-19(23-18(20(26)27)14-6-2-1-3-7-14)15-10-12-24(13-11-15)21-22-16-8-4-5-9-17(16)28-21/h1-9,15,18H,10-13H2,(H,23,25)(H,26,27)/t18-/m1/s1. The summed E-state index contributed by atoms with van der Waals surface area (Å²) in [5.74, 6) is -1.52. The average Bonchev–Trinajstić information content (AvgIpc) is 3.16. The summed E-state index contributed by atoms with van der Waals surface area (Å²) in [6, 6.07) is 15.9. The number of hydrogen-bond acceptors (Lipinski definition) is 5. The van der Waals surface area contributed by atoms with E-state index in [0.29, 0.717) is 37.5 Å². The summed E-state index contributed by atoms with van der Waals surface area (Å²) in [4.78, 5) is 30.8. The number of para-hydroxylation sites is 2. The molecule has 2 aromatic carbocycles. The molecule has 4 rings (SSSR count). The van der Waals surface area contributed by atoms with E-state index in [4.69, 9.17) is 4.42 Å². The van der Waals surface area contributed by atoms with E-state index in [1.807, 2.05) is 35.2 Å². The van der Waals surface area contributed by atoms with E-state index < -0.39 is 12.0 Å². The predicted molar refractivity (Wildman–Crippen MR) is 104 cm³/mol. The molecule has 7 nitrogen and oxygen atoms in total. The Labute approximate surface area is 162 Å². The van der Waals surface area contributed by atoms with Gasteiger partial charge in [0.25, 0.3) is 6.01 Å². The number of nitrogens with one attached hydrogen (secondary N) is 1. The zero-order valence-electron chi connectivity index (χ0n) is 15.2. The Kier molecular flexibility index (Phi) is 4.97. The molecule has 1 aliphatic rings. The molecule has 2 N–H and O–H groups in total. The molecule has 1 aromatic heterocycles. The number of fused-ring (bicyclic) bond motifs is 1. The smallest absolute Gasteiger partial charge is 0.330 e. The minimum Gasteiger partial charge on any atom is -0.479 e. The molecule has 0 unspecified atom stereocenters. The van der Waals surface area contributed by atoms with Crippen molar-refractivity contribution in [2.75, 3.05) is 18.0 Å². The molecule has 0 saturated carbocycles. The molecule has 28 heavy (non-hydrogen) atoms. The molecule has 1 aliphatic heterocycles. The molecule has 0 radical (unpaired) electrons. The summed E-state index contributed by atoms with van der Waals surface area (Å²) >= 11 is 0. The van der Waals surface area contributed by atoms with Gasteiger partial charge in [0.05, 0.1) is 0 Å². The van der Waals surface area contributed by atoms with Crippen molar-refractivity contribution >= 4 is 29.0 Å². The van der Waals surface area contributed by atoms with Crippen LogP contribution in [0.3, 0.4) is 0 Å². The fraction of sp³-hybridized carbons (Fsp3) is 0.286. The first-order valence-electron chi connectivity index (χ1n) is 9.30. The maximum absolute atomic E-state index is 12.6. The van der Waals surface area contributed by atoms with Crippen LogP contribution in [0.5, 0.6) is 0 Å². The van der Waals surface area contributed by atoms with Crippen LogP contribution in [-0.4, -0.2) is 35.1 Å². The zero-order chi connectivity index (χ0) is 19.5. The molecule has 0 bridgehead atoms. The number of aliphatic carboxylic acids is 1. The highest BCUT2D eigenvalue weighted by Gasteiger charge is 2.30. The van der Waals surface area contributed by atoms with Gasteiger partial charge >= 0.3 is 5.97 Å². The molecule has 0 aliphatic carbocycles. The highest BCUT2D eigenvalue weighted by atomic mass is 16.4. The fourth-order valence-electron chi connectivity index (χ4n) is 3.52. The van der Waals surface area contributed by atoms with Crippen molar-refractivity contribution < 1.29 is 19.1 Å². The summed E-state index contributed by atoms with van der Waals surface area (Å²) in [6.07, 6.45) is 1.23. The molecular weight excluding hydrogens is 358 g/mol. The lowest BCUT2D eigenvalue weighted by molar-refractivity contribution is -0.142. The Morgan fingerprint density at radius 1 is 1.07 bits per heavy atom. The van der Waals surface area contributed by atoms with Gasteiger partial charge in [0.15, 0.2) is 11.6 Å². The van der Waals surface area contributed by atoms with Gasteiger partial charge in [-0.3, -0.25) is 4.79 Å². The first-order valence-corrected chi connectivity index (χ1v) is 9.30. The Morgan fingerprint density at radius 3 is 2.43 bits per heavy atom. The summed E-state index contributed by atoms with van der Waals surface area (Å²) in [7, 11) is 0. The van der Waals surface area contributed by atoms with Gasteiger partial charge < -0.3 is 19.7 Å². The molecular formula is C21H21N3O4. The second-order valence-electron chi connectivity index (χ2n) is 6.92. The van der Waals surface area contributed by atoms with Crippen LogP contribution >= 0.6 is 0 Å². The van der Waals surface area contributed by atoms with E-state index in [0.717, 1.165) is 11.1 Å². The average molecular weight is 379 g/mol. The molecule has 1 atom stereocenters. The summed E-state index contributed by atoms with van der Waals surface area (Å²) in [5, 5.41) is 12.2. The number of rotatable bonds is 5. The minimum atomic E-state index is -1.07. The van der Waals surface area contributed by atoms with Crippen molar-refractivity contribution in [2.45, 2.75) is 18.9 Å². The van der Waals surface area contributed by atoms with Crippen molar-refractivity contribution in [1.29, 1.82) is 0 Å². The highest BCUT2D eigenvalue weighted by Crippen LogP contribution is 2.27. The SMILES string of the molecule is O=C(N[C@@H](C(=O)O)c1ccccc1)C1CCN(c2nc3ccccc3o2)CC1. The van der Waals surface area contributed by atoms with Crippen molar-refractivity contribution in [1.82, 2.24) is 10.3 Å². The molecule has 7 heteroatoms. The molecule has 1 saturated heterocycles. The third kappa shape index (κ3) is 3.69. The van der Waals surface area contributed by atoms with Crippen LogP contribution in [0.1, 0.15) is 24.4 Å². The van der Waals surface area contributed by atoms with Crippen LogP contribution < -0.4 is 10.2 Å². The lowest BCUT2D eigenvalue weighted by Gasteiger charge is -2.30. The largest absolute Gasteiger partial charge is 0.479 e. The number of aromatic nitrogens is 1. The summed E-state index contributed by atoms with van der Waals surface area (Å²) in [5.41, 5.74) is 2.11. The fourth-order valence-corrected chi connectivity index (χ4v) is 3.52. The van der Waals surface area contributed by atoms with E-state index >= 15 is 0 Å². The number of benzene rings is 2. The first-order chi connectivity index (χ1) is 13.6. The third-order valence-electron chi connectivity index (χ3n) is 5.09. The number of anilines is 1. The second kappa shape index (κ2) is 7.72. The quantitative estimate of drug-likeness (QED) is 0.708. The maximum Gasteiger partial charge on any atom is 0.330 e. The van der Waals surface area contributed by atoms with Gasteiger partial charge in [-0.25, -0.2) is 4.79 Å². The Morgan fingerprint density at radius 2 is 1.75 bits per heavy atom. The van der Waals surface area contributed by atoms with Gasteiger partial charge in [0.1, 0.15) is 5.52 Å². The van der Waals surface area contributed by atoms with Crippen LogP contribution in [-0.2, 0) is 9.59 Å². The third-order valence-corrected chi connectivity index (χ3v) is 5.09. The second-order valence-corrected chi connectivity index (χ2v) is 6.92. The zero-order valence-corrected chi connectivity index (χ0v) is 15.2. The van der Waals surface area contributed by atoms with Crippen molar-refractivity contribution in [2.24, 2.45) is 5.92 Å². The Balaban J connectivity index is 1.38. The predicted octanol–water partition coefficient (Wildman–Crippen LogP) is 2.99. The molecule has 0 spiro atoms. The lowest BCUT2D eigenvalue weighted by atomic mass is 9.95. The van der Waals surface area contributed by atoms with E-state index in [2.05, 4.69) is 10.3 Å². The molecule has 1 amide bonds. The normalized spacial score (nSPS) is 16.1. The van der Waals surface area contributed by atoms with Gasteiger partial charge in [-0.05, 0) is 30.5 Å². The van der Waals surface area contributed by atoms with E-state index in [9.17, 15) is 14.7 Å². The van der Waals surface area contributed by atoms with Gasteiger partial charge in [-0.1, -0.05) is 42.5 Å². The number of carbonyl (C=O) groups excluding carboxylic acids is 1. The molecule has 2 heterocycles. The lowest BCUT2D eigenvalue weighted by Crippen LogP contribution is -2.43. The summed E-state index contributed by atoms with van der Waals surface area (Å²) < 4.78 is 5.79. The topological polar surface area (TPSA) is 95.7 Å². The Bertz CT molecular complexity index is 944. The van der Waals surface area contributed by atoms with Crippen LogP contribution in [0.4, 0.5) is 6.01 Å². The van der Waals surface area contributed by atoms with Gasteiger partial charge in [0.2, 0.25) is 5.91 Å². The highest BCUT2D eigenvalue weighted by molar-refractivity contribution is 5.86. The van der Waals surface area contributed by atoms with Crippen molar-refractivity contribution in [3.05, 3.63) is 60.2 Å². The van der Waals surface area contributed by atoms with Gasteiger partial charge in [-0.2, -0.15) is 4.98 Å². The molecule has 3 aromatic rings. The van der Waals surface area contributed by atoms with Crippen molar-refractivity contribution in [3.63, 3.8) is 0 Å². The van der Waals surface area contributed by atoms with E-state index in [1.54, 1.807) is 24.3 Å². The Hall–Kier alpha value is -3.35. The van der Waals surface area contributed by atoms with E-state index in [1.165, 1.54) is 0 Å². The number of carbonyl (C=O) groups is 2. The monoisotopic (exact) mass is 379 g/mol. The van der Waals surface area contributed by atoms with Crippen molar-refractivity contribution in [3.8, 4) is 0 Å². The van der Waals surface area contributed by atoms with Crippen LogP contribution in [0.25, 0.3) is 11.1 Å². The first kappa shape index (κ1) is 18.0. The number of hydrogen-bond donors (Lipinski definition) is 2. The van der Waals surface area contributed by atoms with Gasteiger partial charge in [0, 0.05) is 19.0 Å². The minimum absolute atomic E-state index is 0.228. The summed E-state index contributed by atoms with van der Waals surface area (Å²) in [6.45, 7) is 1.27. The van der Waals surface area contributed by atoms with Crippen LogP contribution in [0.2, 0.25) is 0 Å². The molecule has 144 valence electrons. The maximum atomic E-state index is 12.6. The number of oxazole rings is 1. The number of carboxylic acid groups (broad SMARTS) is 1. The number of piperidine rings is 1. The van der Waals surface area contributed by atoms with Crippen LogP contribution in [0.15, 0.2) is 59.0 Å². The van der Waals surface area contributed by atoms with Gasteiger partial charge in [-0.15, -0.1) is 0 Å². The number of carboxylic acids is 1. The number of nitrogens with zero attached hydrogens (tertiary/aromatic N) is 2. The molecule has 1 fully saturated rings. The van der Waals surface area contributed by atoms with E-state index in [-0.39, 0.29) is 11.8 Å². The van der Waals surface area contributed by atoms with Crippen LogP contribution in [0, 0.1) is 5.92 Å². The number of amides is 1.